The summed E-state index contributed by atoms with van der Waals surface area (Å²) in [6.07, 6.45) is 10.8. The quantitative estimate of drug-likeness (QED) is 0.436. The molecule has 0 unspecified atom stereocenters. The zero-order chi connectivity index (χ0) is 24.2. The Morgan fingerprint density at radius 2 is 1.30 bits per heavy atom. The van der Waals surface area contributed by atoms with Crippen molar-refractivity contribution in [3.05, 3.63) is 12.2 Å². The minimum absolute atomic E-state index is 0.00101. The van der Waals surface area contributed by atoms with Gasteiger partial charge in [0.2, 0.25) is 0 Å². The van der Waals surface area contributed by atoms with E-state index in [1.807, 2.05) is 6.92 Å². The standard InChI is InChI=1S/C30H48O3/c1-18(2)19-10-14-26(3)20(19)11-16-28(5)21(26)8-9-22-27(4)15-13-24(31)30(7,25(32)33)23(27)12-17-29(22,28)6/h19-24,31H,1,8-17H2,2-7H3,(H,32,33)/t19-,20+,21+,22-,23+,24+,26+,27-,28-,29-,30+/m1/s1. The van der Waals surface area contributed by atoms with Crippen molar-refractivity contribution in [1.29, 1.82) is 0 Å². The van der Waals surface area contributed by atoms with Crippen LogP contribution in [0.2, 0.25) is 0 Å². The number of carboxylic acids is 1. The van der Waals surface area contributed by atoms with Gasteiger partial charge in [0.25, 0.3) is 0 Å². The lowest BCUT2D eigenvalue weighted by Crippen LogP contribution is -2.68. The summed E-state index contributed by atoms with van der Waals surface area (Å²) in [5.74, 6) is 2.08. The van der Waals surface area contributed by atoms with Crippen molar-refractivity contribution in [3.8, 4) is 0 Å². The highest BCUT2D eigenvalue weighted by Gasteiger charge is 2.72. The number of aliphatic hydroxyl groups is 1. The average molecular weight is 457 g/mol. The Morgan fingerprint density at radius 3 is 1.88 bits per heavy atom. The third-order valence-electron chi connectivity index (χ3n) is 13.7. The molecular weight excluding hydrogens is 408 g/mol. The van der Waals surface area contributed by atoms with Crippen molar-refractivity contribution >= 4 is 5.97 Å². The number of carbonyl (C=O) groups is 1. The Balaban J connectivity index is 1.53. The second-order valence-corrected chi connectivity index (χ2v) is 14.4. The number of hydrogen-bond donors (Lipinski definition) is 2. The van der Waals surface area contributed by atoms with Gasteiger partial charge in [0.1, 0.15) is 0 Å². The van der Waals surface area contributed by atoms with Gasteiger partial charge in [-0.15, -0.1) is 0 Å². The SMILES string of the molecule is C=C(C)[C@H]1CC[C@@]2(C)[C@H]1CC[C@]1(C)[C@H]2CC[C@@H]2[C@@]3(C)CC[C@H](O)[C@@](C)(C(=O)O)[C@H]3CC[C@]21C. The lowest BCUT2D eigenvalue weighted by atomic mass is 9.31. The zero-order valence-electron chi connectivity index (χ0n) is 22.0. The van der Waals surface area contributed by atoms with Gasteiger partial charge in [-0.2, -0.15) is 0 Å². The molecular formula is C30H48O3. The van der Waals surface area contributed by atoms with E-state index < -0.39 is 17.5 Å². The molecule has 5 aliphatic carbocycles. The summed E-state index contributed by atoms with van der Waals surface area (Å²) < 4.78 is 0. The second kappa shape index (κ2) is 7.11. The summed E-state index contributed by atoms with van der Waals surface area (Å²) in [6.45, 7) is 18.8. The molecule has 5 aliphatic rings. The Labute approximate surface area is 201 Å². The van der Waals surface area contributed by atoms with Gasteiger partial charge >= 0.3 is 5.97 Å². The molecule has 3 heteroatoms. The fourth-order valence-electron chi connectivity index (χ4n) is 11.7. The number of allylic oxidation sites excluding steroid dienone is 1. The molecule has 0 bridgehead atoms. The van der Waals surface area contributed by atoms with Gasteiger partial charge in [-0.1, -0.05) is 39.8 Å². The van der Waals surface area contributed by atoms with Crippen molar-refractivity contribution in [2.24, 2.45) is 56.7 Å². The van der Waals surface area contributed by atoms with Crippen LogP contribution in [0.3, 0.4) is 0 Å². The molecule has 5 rings (SSSR count). The highest BCUT2D eigenvalue weighted by atomic mass is 16.4. The molecule has 5 fully saturated rings. The lowest BCUT2D eigenvalue weighted by molar-refractivity contribution is -0.253. The highest BCUT2D eigenvalue weighted by molar-refractivity contribution is 5.76. The van der Waals surface area contributed by atoms with Crippen LogP contribution in [-0.4, -0.2) is 22.3 Å². The molecule has 186 valence electrons. The topological polar surface area (TPSA) is 57.5 Å². The van der Waals surface area contributed by atoms with E-state index >= 15 is 0 Å². The first-order chi connectivity index (χ1) is 15.3. The lowest BCUT2D eigenvalue weighted by Gasteiger charge is -2.73. The molecule has 0 spiro atoms. The minimum Gasteiger partial charge on any atom is -0.481 e. The maximum absolute atomic E-state index is 12.5. The maximum Gasteiger partial charge on any atom is 0.312 e. The Kier molecular flexibility index (Phi) is 5.15. The Bertz CT molecular complexity index is 865. The molecule has 0 amide bonds. The molecule has 0 aromatic carbocycles. The van der Waals surface area contributed by atoms with Crippen molar-refractivity contribution in [2.75, 3.05) is 0 Å². The number of rotatable bonds is 2. The predicted octanol–water partition coefficient (Wildman–Crippen LogP) is 7.09. The van der Waals surface area contributed by atoms with Crippen LogP contribution in [0.4, 0.5) is 0 Å². The molecule has 0 heterocycles. The van der Waals surface area contributed by atoms with Crippen LogP contribution in [0.25, 0.3) is 0 Å². The number of fused-ring (bicyclic) bond motifs is 7. The van der Waals surface area contributed by atoms with Gasteiger partial charge in [-0.25, -0.2) is 0 Å². The smallest absolute Gasteiger partial charge is 0.312 e. The molecule has 3 nitrogen and oxygen atoms in total. The molecule has 33 heavy (non-hydrogen) atoms. The van der Waals surface area contributed by atoms with E-state index in [0.717, 1.165) is 31.1 Å². The summed E-state index contributed by atoms with van der Waals surface area (Å²) in [5.41, 5.74) is 1.36. The van der Waals surface area contributed by atoms with E-state index in [2.05, 4.69) is 41.2 Å². The first-order valence-electron chi connectivity index (χ1n) is 13.8. The number of carboxylic acid groups (broad SMARTS) is 1. The number of hydrogen-bond acceptors (Lipinski definition) is 2. The van der Waals surface area contributed by atoms with Gasteiger partial charge in [0, 0.05) is 0 Å². The van der Waals surface area contributed by atoms with Crippen LogP contribution < -0.4 is 0 Å². The summed E-state index contributed by atoms with van der Waals surface area (Å²) in [7, 11) is 0. The summed E-state index contributed by atoms with van der Waals surface area (Å²) in [5, 5.41) is 21.1. The minimum atomic E-state index is -1.02. The van der Waals surface area contributed by atoms with Gasteiger partial charge in [-0.05, 0) is 129 Å². The predicted molar refractivity (Wildman–Crippen MR) is 133 cm³/mol. The zero-order valence-corrected chi connectivity index (χ0v) is 22.0. The van der Waals surface area contributed by atoms with Crippen molar-refractivity contribution in [2.45, 2.75) is 112 Å². The summed E-state index contributed by atoms with van der Waals surface area (Å²) >= 11 is 0. The van der Waals surface area contributed by atoms with Gasteiger partial charge in [-0.3, -0.25) is 4.79 Å². The summed E-state index contributed by atoms with van der Waals surface area (Å²) in [6, 6.07) is 0. The fourth-order valence-corrected chi connectivity index (χ4v) is 11.7. The third kappa shape index (κ3) is 2.70. The van der Waals surface area contributed by atoms with E-state index in [1.165, 1.54) is 44.1 Å². The number of aliphatic hydroxyl groups excluding tert-OH is 1. The van der Waals surface area contributed by atoms with Crippen LogP contribution in [0.5, 0.6) is 0 Å². The van der Waals surface area contributed by atoms with E-state index in [-0.39, 0.29) is 16.7 Å². The van der Waals surface area contributed by atoms with Gasteiger partial charge in [0.15, 0.2) is 0 Å². The van der Waals surface area contributed by atoms with Gasteiger partial charge in [0.05, 0.1) is 11.5 Å². The Hall–Kier alpha value is -0.830. The highest BCUT2D eigenvalue weighted by Crippen LogP contribution is 2.78. The van der Waals surface area contributed by atoms with Crippen molar-refractivity contribution in [1.82, 2.24) is 0 Å². The normalized spacial score (nSPS) is 57.9. The molecule has 0 aromatic rings. The number of aliphatic carboxylic acids is 1. The average Bonchev–Trinajstić information content (AvgIpc) is 3.09. The van der Waals surface area contributed by atoms with Crippen LogP contribution >= 0.6 is 0 Å². The monoisotopic (exact) mass is 456 g/mol. The molecule has 11 atom stereocenters. The Morgan fingerprint density at radius 1 is 0.758 bits per heavy atom. The fraction of sp³-hybridized carbons (Fsp3) is 0.900. The summed E-state index contributed by atoms with van der Waals surface area (Å²) in [4.78, 5) is 12.5. The second-order valence-electron chi connectivity index (χ2n) is 14.4. The van der Waals surface area contributed by atoms with Crippen molar-refractivity contribution in [3.63, 3.8) is 0 Å². The molecule has 0 aliphatic heterocycles. The van der Waals surface area contributed by atoms with E-state index in [1.54, 1.807) is 0 Å². The first kappa shape index (κ1) is 23.9. The molecule has 0 saturated heterocycles. The largest absolute Gasteiger partial charge is 0.481 e. The van der Waals surface area contributed by atoms with E-state index in [4.69, 9.17) is 0 Å². The van der Waals surface area contributed by atoms with Crippen LogP contribution in [0.15, 0.2) is 12.2 Å². The van der Waals surface area contributed by atoms with E-state index in [0.29, 0.717) is 29.1 Å². The first-order valence-corrected chi connectivity index (χ1v) is 13.8. The van der Waals surface area contributed by atoms with Crippen LogP contribution in [0, 0.1) is 56.7 Å². The third-order valence-corrected chi connectivity index (χ3v) is 13.7. The van der Waals surface area contributed by atoms with Crippen molar-refractivity contribution < 1.29 is 15.0 Å². The maximum atomic E-state index is 12.5. The van der Waals surface area contributed by atoms with Gasteiger partial charge < -0.3 is 10.2 Å². The van der Waals surface area contributed by atoms with Crippen LogP contribution in [0.1, 0.15) is 106 Å². The molecule has 0 radical (unpaired) electrons. The van der Waals surface area contributed by atoms with E-state index in [9.17, 15) is 15.0 Å². The molecule has 2 N–H and O–H groups in total. The molecule has 0 aromatic heterocycles. The molecule has 5 saturated carbocycles. The van der Waals surface area contributed by atoms with Crippen LogP contribution in [-0.2, 0) is 4.79 Å².